The number of nitrogens with one attached hydrogen (secondary N) is 1. The zero-order valence-electron chi connectivity index (χ0n) is 17.8. The minimum atomic E-state index is -0.234. The van der Waals surface area contributed by atoms with Crippen molar-refractivity contribution in [2.45, 2.75) is 55.4 Å². The third-order valence-corrected chi connectivity index (χ3v) is 6.53. The monoisotopic (exact) mass is 458 g/mol. The molecule has 31 heavy (non-hydrogen) atoms. The summed E-state index contributed by atoms with van der Waals surface area (Å²) in [5.74, 6) is 1.84. The summed E-state index contributed by atoms with van der Waals surface area (Å²) in [6, 6.07) is 7.25. The summed E-state index contributed by atoms with van der Waals surface area (Å²) in [6.45, 7) is 6.23. The van der Waals surface area contributed by atoms with Crippen LogP contribution in [0.25, 0.3) is 0 Å². The van der Waals surface area contributed by atoms with Crippen LogP contribution in [0.1, 0.15) is 50.8 Å². The highest BCUT2D eigenvalue weighted by molar-refractivity contribution is 8.00. The first-order valence-electron chi connectivity index (χ1n) is 9.89. The van der Waals surface area contributed by atoms with E-state index in [-0.39, 0.29) is 36.4 Å². The Balaban J connectivity index is 1.42. The molecule has 0 fully saturated rings. The van der Waals surface area contributed by atoms with E-state index >= 15 is 0 Å². The molecule has 7 nitrogen and oxygen atoms in total. The van der Waals surface area contributed by atoms with Gasteiger partial charge < -0.3 is 15.5 Å². The molecule has 2 heterocycles. The van der Waals surface area contributed by atoms with Crippen LogP contribution in [-0.4, -0.2) is 21.7 Å². The number of Topliss-reactive ketones (excluding diaryl/α,β-unsaturated/α-hetero) is 1. The fourth-order valence-corrected chi connectivity index (χ4v) is 4.41. The van der Waals surface area contributed by atoms with E-state index in [1.165, 1.54) is 11.3 Å². The van der Waals surface area contributed by atoms with Crippen molar-refractivity contribution in [3.8, 4) is 0 Å². The van der Waals surface area contributed by atoms with Gasteiger partial charge in [0.1, 0.15) is 11.5 Å². The van der Waals surface area contributed by atoms with Crippen LogP contribution in [0.5, 0.6) is 0 Å². The van der Waals surface area contributed by atoms with Gasteiger partial charge in [0.05, 0.1) is 22.4 Å². The summed E-state index contributed by atoms with van der Waals surface area (Å²) in [5, 5.41) is 3.26. The summed E-state index contributed by atoms with van der Waals surface area (Å²) in [7, 11) is 0. The van der Waals surface area contributed by atoms with E-state index < -0.39 is 0 Å². The Morgan fingerprint density at radius 1 is 1.16 bits per heavy atom. The first kappa shape index (κ1) is 23.0. The molecule has 0 saturated carbocycles. The first-order valence-corrected chi connectivity index (χ1v) is 11.7. The van der Waals surface area contributed by atoms with E-state index in [1.807, 2.05) is 18.2 Å². The number of ketones is 1. The summed E-state index contributed by atoms with van der Waals surface area (Å²) < 4.78 is 6.73. The van der Waals surface area contributed by atoms with Gasteiger partial charge in [0, 0.05) is 30.4 Å². The molecule has 0 bridgehead atoms. The number of aromatic nitrogens is 2. The van der Waals surface area contributed by atoms with Crippen LogP contribution >= 0.6 is 23.1 Å². The van der Waals surface area contributed by atoms with Gasteiger partial charge in [-0.3, -0.25) is 9.59 Å². The van der Waals surface area contributed by atoms with Gasteiger partial charge in [-0.15, -0.1) is 11.8 Å². The van der Waals surface area contributed by atoms with E-state index in [0.717, 1.165) is 15.5 Å². The molecular formula is C22H26N4O3S2. The van der Waals surface area contributed by atoms with E-state index in [4.69, 9.17) is 10.2 Å². The maximum atomic E-state index is 12.2. The molecule has 3 aromatic rings. The molecule has 164 valence electrons. The van der Waals surface area contributed by atoms with Crippen LogP contribution in [0, 0.1) is 0 Å². The summed E-state index contributed by atoms with van der Waals surface area (Å²) in [4.78, 5) is 32.9. The van der Waals surface area contributed by atoms with E-state index in [2.05, 4.69) is 36.1 Å². The molecule has 0 aliphatic rings. The van der Waals surface area contributed by atoms with Crippen molar-refractivity contribution >= 4 is 45.6 Å². The van der Waals surface area contributed by atoms with Crippen LogP contribution in [0.2, 0.25) is 0 Å². The predicted molar refractivity (Wildman–Crippen MR) is 124 cm³/mol. The lowest BCUT2D eigenvalue weighted by Gasteiger charge is -2.12. The fourth-order valence-electron chi connectivity index (χ4n) is 2.67. The normalized spacial score (nSPS) is 11.5. The lowest BCUT2D eigenvalue weighted by atomic mass is 9.94. The number of hydrogen-bond donors (Lipinski definition) is 2. The molecule has 0 aliphatic heterocycles. The zero-order valence-corrected chi connectivity index (χ0v) is 19.4. The maximum Gasteiger partial charge on any atom is 0.226 e. The van der Waals surface area contributed by atoms with Gasteiger partial charge in [0.2, 0.25) is 11.8 Å². The molecule has 0 atom stereocenters. The number of thiazole rings is 1. The number of rotatable bonds is 9. The average molecular weight is 459 g/mol. The number of carbonyl (C=O) groups is 2. The highest BCUT2D eigenvalue weighted by Gasteiger charge is 2.19. The number of amides is 1. The second kappa shape index (κ2) is 10.1. The van der Waals surface area contributed by atoms with Gasteiger partial charge in [0.25, 0.3) is 0 Å². The van der Waals surface area contributed by atoms with Gasteiger partial charge in [-0.05, 0) is 11.6 Å². The Hall–Kier alpha value is -2.65. The molecule has 3 N–H and O–H groups in total. The molecule has 0 spiro atoms. The number of nitrogen functional groups attached to an aromatic ring is 1. The van der Waals surface area contributed by atoms with Gasteiger partial charge in [-0.1, -0.05) is 50.3 Å². The van der Waals surface area contributed by atoms with Crippen LogP contribution in [0.3, 0.4) is 0 Å². The lowest BCUT2D eigenvalue weighted by molar-refractivity contribution is -0.122. The van der Waals surface area contributed by atoms with E-state index in [9.17, 15) is 9.59 Å². The van der Waals surface area contributed by atoms with Crippen molar-refractivity contribution < 1.29 is 14.0 Å². The number of nitrogens with two attached hydrogens (primary N) is 1. The number of hydrogen-bond acceptors (Lipinski definition) is 8. The minimum absolute atomic E-state index is 0.0241. The second-order valence-corrected chi connectivity index (χ2v) is 10.4. The summed E-state index contributed by atoms with van der Waals surface area (Å²) >= 11 is 2.93. The minimum Gasteiger partial charge on any atom is -0.444 e. The Kier molecular flexibility index (Phi) is 7.50. The van der Waals surface area contributed by atoms with Gasteiger partial charge in [-0.25, -0.2) is 9.97 Å². The molecule has 0 saturated heterocycles. The number of anilines is 2. The maximum absolute atomic E-state index is 12.2. The molecular weight excluding hydrogens is 432 g/mol. The Morgan fingerprint density at radius 2 is 1.94 bits per heavy atom. The van der Waals surface area contributed by atoms with Crippen molar-refractivity contribution in [3.63, 3.8) is 0 Å². The third kappa shape index (κ3) is 6.93. The number of nitrogens with zero attached hydrogens (tertiary/aromatic N) is 2. The van der Waals surface area contributed by atoms with E-state index in [0.29, 0.717) is 22.5 Å². The highest BCUT2D eigenvalue weighted by Crippen LogP contribution is 2.31. The fraction of sp³-hybridized carbons (Fsp3) is 0.364. The molecule has 9 heteroatoms. The number of para-hydroxylation sites is 1. The molecule has 1 aromatic carbocycles. The number of thioether (sulfide) groups is 1. The van der Waals surface area contributed by atoms with Crippen molar-refractivity contribution in [2.24, 2.45) is 0 Å². The standard InChI is InChI=1S/C22H26N4O3S2/c1-22(2,3)17-11-24-19(29-17)13-30-20-12-25-21(31-20)26-18(28)9-8-15(27)10-14-6-4-5-7-16(14)23/h4-7,11-12H,8-10,13,23H2,1-3H3,(H,25,26,28). The Labute approximate surface area is 189 Å². The van der Waals surface area contributed by atoms with Crippen LogP contribution in [-0.2, 0) is 27.2 Å². The predicted octanol–water partition coefficient (Wildman–Crippen LogP) is 4.83. The smallest absolute Gasteiger partial charge is 0.226 e. The first-order chi connectivity index (χ1) is 14.7. The lowest BCUT2D eigenvalue weighted by Crippen LogP contribution is -2.14. The third-order valence-electron chi connectivity index (χ3n) is 4.44. The quantitative estimate of drug-likeness (QED) is 0.349. The number of benzene rings is 1. The molecule has 0 aliphatic carbocycles. The van der Waals surface area contributed by atoms with Crippen LogP contribution in [0.4, 0.5) is 10.8 Å². The molecule has 0 unspecified atom stereocenters. The topological polar surface area (TPSA) is 111 Å². The molecule has 2 aromatic heterocycles. The van der Waals surface area contributed by atoms with Crippen molar-refractivity contribution in [1.29, 1.82) is 0 Å². The molecule has 1 amide bonds. The summed E-state index contributed by atoms with van der Waals surface area (Å²) in [5.41, 5.74) is 7.16. The number of oxazole rings is 1. The van der Waals surface area contributed by atoms with Gasteiger partial charge >= 0.3 is 0 Å². The zero-order chi connectivity index (χ0) is 22.4. The SMILES string of the molecule is CC(C)(C)c1cnc(CSc2cnc(NC(=O)CCC(=O)Cc3ccccc3N)s2)o1. The van der Waals surface area contributed by atoms with E-state index in [1.54, 1.807) is 30.2 Å². The summed E-state index contributed by atoms with van der Waals surface area (Å²) in [6.07, 6.45) is 3.98. The Morgan fingerprint density at radius 3 is 2.65 bits per heavy atom. The molecule has 0 radical (unpaired) electrons. The van der Waals surface area contributed by atoms with Gasteiger partial charge in [-0.2, -0.15) is 0 Å². The molecule has 3 rings (SSSR count). The largest absolute Gasteiger partial charge is 0.444 e. The van der Waals surface area contributed by atoms with Gasteiger partial charge in [0.15, 0.2) is 5.13 Å². The van der Waals surface area contributed by atoms with Crippen molar-refractivity contribution in [3.05, 3.63) is 53.9 Å². The van der Waals surface area contributed by atoms with Crippen molar-refractivity contribution in [1.82, 2.24) is 9.97 Å². The number of carbonyl (C=O) groups excluding carboxylic acids is 2. The highest BCUT2D eigenvalue weighted by atomic mass is 32.2. The Bertz CT molecular complexity index is 1050. The average Bonchev–Trinajstić information content (AvgIpc) is 3.36. The van der Waals surface area contributed by atoms with Crippen LogP contribution < -0.4 is 11.1 Å². The van der Waals surface area contributed by atoms with Crippen molar-refractivity contribution in [2.75, 3.05) is 11.1 Å². The second-order valence-electron chi connectivity index (χ2n) is 8.10. The van der Waals surface area contributed by atoms with Crippen LogP contribution in [0.15, 0.2) is 45.3 Å².